The molecular weight excluding hydrogens is 256 g/mol. The zero-order chi connectivity index (χ0) is 14.4. The quantitative estimate of drug-likeness (QED) is 0.556. The van der Waals surface area contributed by atoms with Gasteiger partial charge in [0.2, 0.25) is 0 Å². The number of nitrogens with zero attached hydrogens (tertiary/aromatic N) is 1. The number of carbonyl (C=O) groups excluding carboxylic acids is 2. The zero-order valence-corrected chi connectivity index (χ0v) is 10.8. The number of H-pyrrole nitrogens is 1. The number of rotatable bonds is 4. The summed E-state index contributed by atoms with van der Waals surface area (Å²) in [5, 5.41) is 14.1. The number of benzene rings is 1. The van der Waals surface area contributed by atoms with Crippen LogP contribution >= 0.6 is 0 Å². The molecule has 102 valence electrons. The molecule has 0 saturated heterocycles. The molecule has 0 atom stereocenters. The fraction of sp³-hybridized carbons (Fsp3) is 0.214. The summed E-state index contributed by atoms with van der Waals surface area (Å²) in [4.78, 5) is 25.8. The SMILES string of the molecule is N#CCNC(=O)C(=O)NCCc1c[nH]c2ccccc12. The number of carbonyl (C=O) groups is 2. The van der Waals surface area contributed by atoms with E-state index >= 15 is 0 Å². The second kappa shape index (κ2) is 6.38. The van der Waals surface area contributed by atoms with Crippen molar-refractivity contribution in [2.75, 3.05) is 13.1 Å². The molecule has 20 heavy (non-hydrogen) atoms. The van der Waals surface area contributed by atoms with Gasteiger partial charge in [-0.05, 0) is 18.1 Å². The maximum Gasteiger partial charge on any atom is 0.310 e. The summed E-state index contributed by atoms with van der Waals surface area (Å²) in [6.45, 7) is 0.190. The van der Waals surface area contributed by atoms with Gasteiger partial charge in [0.25, 0.3) is 0 Å². The van der Waals surface area contributed by atoms with E-state index in [1.807, 2.05) is 30.5 Å². The van der Waals surface area contributed by atoms with Crippen molar-refractivity contribution in [2.24, 2.45) is 0 Å². The van der Waals surface area contributed by atoms with Gasteiger partial charge in [0.15, 0.2) is 0 Å². The summed E-state index contributed by atoms with van der Waals surface area (Å²) in [6, 6.07) is 9.62. The van der Waals surface area contributed by atoms with Gasteiger partial charge in [-0.3, -0.25) is 9.59 Å². The molecule has 0 bridgehead atoms. The highest BCUT2D eigenvalue weighted by molar-refractivity contribution is 6.35. The minimum absolute atomic E-state index is 0.172. The molecule has 6 nitrogen and oxygen atoms in total. The van der Waals surface area contributed by atoms with Crippen LogP contribution in [0.4, 0.5) is 0 Å². The van der Waals surface area contributed by atoms with Crippen molar-refractivity contribution in [1.29, 1.82) is 5.26 Å². The van der Waals surface area contributed by atoms with Crippen LogP contribution in [0.15, 0.2) is 30.5 Å². The lowest BCUT2D eigenvalue weighted by Gasteiger charge is -2.04. The third kappa shape index (κ3) is 3.14. The van der Waals surface area contributed by atoms with Crippen molar-refractivity contribution in [3.8, 4) is 6.07 Å². The molecule has 0 saturated carbocycles. The Kier molecular flexibility index (Phi) is 4.35. The number of para-hydroxylation sites is 1. The Morgan fingerprint density at radius 1 is 1.20 bits per heavy atom. The molecule has 1 aromatic carbocycles. The molecule has 2 aromatic rings. The number of aromatic nitrogens is 1. The van der Waals surface area contributed by atoms with Gasteiger partial charge in [0.1, 0.15) is 6.54 Å². The smallest absolute Gasteiger partial charge is 0.310 e. The maximum absolute atomic E-state index is 11.4. The predicted molar refractivity (Wildman–Crippen MR) is 73.6 cm³/mol. The van der Waals surface area contributed by atoms with Gasteiger partial charge in [0, 0.05) is 23.6 Å². The number of nitrogens with one attached hydrogen (secondary N) is 3. The molecule has 0 radical (unpaired) electrons. The lowest BCUT2D eigenvalue weighted by Crippen LogP contribution is -2.40. The van der Waals surface area contributed by atoms with Crippen LogP contribution in [-0.2, 0) is 16.0 Å². The van der Waals surface area contributed by atoms with Crippen LogP contribution in [0.5, 0.6) is 0 Å². The van der Waals surface area contributed by atoms with Gasteiger partial charge in [0.05, 0.1) is 6.07 Å². The number of aromatic amines is 1. The molecule has 2 rings (SSSR count). The number of nitriles is 1. The molecule has 0 aliphatic heterocycles. The van der Waals surface area contributed by atoms with E-state index < -0.39 is 11.8 Å². The molecule has 3 N–H and O–H groups in total. The Labute approximate surface area is 115 Å². The summed E-state index contributed by atoms with van der Waals surface area (Å²) in [5.74, 6) is -1.51. The highest BCUT2D eigenvalue weighted by Gasteiger charge is 2.12. The molecule has 0 aliphatic rings. The normalized spacial score (nSPS) is 9.95. The van der Waals surface area contributed by atoms with Gasteiger partial charge in [-0.25, -0.2) is 0 Å². The molecule has 1 aromatic heterocycles. The molecule has 2 amide bonds. The second-order valence-corrected chi connectivity index (χ2v) is 4.21. The molecule has 1 heterocycles. The van der Waals surface area contributed by atoms with E-state index in [2.05, 4.69) is 15.6 Å². The van der Waals surface area contributed by atoms with Crippen LogP contribution in [0, 0.1) is 11.3 Å². The van der Waals surface area contributed by atoms with Crippen molar-refractivity contribution in [3.05, 3.63) is 36.0 Å². The summed E-state index contributed by atoms with van der Waals surface area (Å²) >= 11 is 0. The summed E-state index contributed by atoms with van der Waals surface area (Å²) in [5.41, 5.74) is 2.12. The topological polar surface area (TPSA) is 97.8 Å². The summed E-state index contributed by atoms with van der Waals surface area (Å²) in [6.07, 6.45) is 2.52. The monoisotopic (exact) mass is 270 g/mol. The van der Waals surface area contributed by atoms with Crippen LogP contribution < -0.4 is 10.6 Å². The van der Waals surface area contributed by atoms with E-state index in [0.717, 1.165) is 16.5 Å². The predicted octanol–water partition coefficient (Wildman–Crippen LogP) is 0.466. The fourth-order valence-electron chi connectivity index (χ4n) is 1.93. The summed E-state index contributed by atoms with van der Waals surface area (Å²) in [7, 11) is 0. The molecule has 0 aliphatic carbocycles. The first-order chi connectivity index (χ1) is 9.72. The Hall–Kier alpha value is -2.81. The number of fused-ring (bicyclic) bond motifs is 1. The van der Waals surface area contributed by atoms with Crippen molar-refractivity contribution in [3.63, 3.8) is 0 Å². The lowest BCUT2D eigenvalue weighted by molar-refractivity contribution is -0.139. The van der Waals surface area contributed by atoms with Crippen LogP contribution in [0.25, 0.3) is 10.9 Å². The van der Waals surface area contributed by atoms with E-state index in [-0.39, 0.29) is 6.54 Å². The number of hydrogen-bond acceptors (Lipinski definition) is 3. The molecule has 0 spiro atoms. The van der Waals surface area contributed by atoms with Gasteiger partial charge >= 0.3 is 11.8 Å². The van der Waals surface area contributed by atoms with E-state index in [1.54, 1.807) is 6.07 Å². The lowest BCUT2D eigenvalue weighted by atomic mass is 10.1. The summed E-state index contributed by atoms with van der Waals surface area (Å²) < 4.78 is 0. The fourth-order valence-corrected chi connectivity index (χ4v) is 1.93. The minimum atomic E-state index is -0.787. The van der Waals surface area contributed by atoms with E-state index in [4.69, 9.17) is 5.26 Å². The average molecular weight is 270 g/mol. The van der Waals surface area contributed by atoms with Crippen molar-refractivity contribution >= 4 is 22.7 Å². The third-order valence-electron chi connectivity index (χ3n) is 2.89. The number of hydrogen-bond donors (Lipinski definition) is 3. The van der Waals surface area contributed by atoms with Crippen LogP contribution in [0.1, 0.15) is 5.56 Å². The second-order valence-electron chi connectivity index (χ2n) is 4.21. The molecule has 0 unspecified atom stereocenters. The zero-order valence-electron chi connectivity index (χ0n) is 10.8. The largest absolute Gasteiger partial charge is 0.361 e. The van der Waals surface area contributed by atoms with E-state index in [1.165, 1.54) is 0 Å². The van der Waals surface area contributed by atoms with E-state index in [0.29, 0.717) is 13.0 Å². The van der Waals surface area contributed by atoms with Gasteiger partial charge in [-0.15, -0.1) is 0 Å². The Balaban J connectivity index is 1.86. The highest BCUT2D eigenvalue weighted by Crippen LogP contribution is 2.17. The molecular formula is C14H14N4O2. The molecule has 0 fully saturated rings. The Bertz CT molecular complexity index is 669. The Morgan fingerprint density at radius 3 is 2.75 bits per heavy atom. The molecule has 6 heteroatoms. The van der Waals surface area contributed by atoms with E-state index in [9.17, 15) is 9.59 Å². The first-order valence-corrected chi connectivity index (χ1v) is 6.20. The van der Waals surface area contributed by atoms with Crippen LogP contribution in [0.3, 0.4) is 0 Å². The maximum atomic E-state index is 11.4. The number of amides is 2. The Morgan fingerprint density at radius 2 is 1.95 bits per heavy atom. The van der Waals surface area contributed by atoms with Gasteiger partial charge in [-0.1, -0.05) is 18.2 Å². The van der Waals surface area contributed by atoms with Gasteiger partial charge in [-0.2, -0.15) is 5.26 Å². The first-order valence-electron chi connectivity index (χ1n) is 6.20. The highest BCUT2D eigenvalue weighted by atomic mass is 16.2. The minimum Gasteiger partial charge on any atom is -0.361 e. The first kappa shape index (κ1) is 13.6. The van der Waals surface area contributed by atoms with Crippen molar-refractivity contribution in [1.82, 2.24) is 15.6 Å². The van der Waals surface area contributed by atoms with Crippen molar-refractivity contribution < 1.29 is 9.59 Å². The van der Waals surface area contributed by atoms with Crippen molar-refractivity contribution in [2.45, 2.75) is 6.42 Å². The average Bonchev–Trinajstić information content (AvgIpc) is 2.88. The van der Waals surface area contributed by atoms with Crippen LogP contribution in [0.2, 0.25) is 0 Å². The van der Waals surface area contributed by atoms with Gasteiger partial charge < -0.3 is 15.6 Å². The van der Waals surface area contributed by atoms with Crippen LogP contribution in [-0.4, -0.2) is 29.9 Å². The third-order valence-corrected chi connectivity index (χ3v) is 2.89. The standard InChI is InChI=1S/C14H14N4O2/c15-6-8-17-14(20)13(19)16-7-5-10-9-18-12-4-2-1-3-11(10)12/h1-4,9,18H,5,7-8H2,(H,16,19)(H,17,20).